The van der Waals surface area contributed by atoms with Crippen LogP contribution >= 0.6 is 24.0 Å². The summed E-state index contributed by atoms with van der Waals surface area (Å²) in [4.78, 5) is 4.33. The zero-order chi connectivity index (χ0) is 21.7. The average molecular weight is 553 g/mol. The summed E-state index contributed by atoms with van der Waals surface area (Å²) in [7, 11) is 1.79. The van der Waals surface area contributed by atoms with E-state index in [1.54, 1.807) is 7.05 Å². The highest BCUT2D eigenvalue weighted by molar-refractivity contribution is 14.0. The van der Waals surface area contributed by atoms with Crippen LogP contribution in [-0.4, -0.2) is 45.5 Å². The fourth-order valence-electron chi connectivity index (χ4n) is 3.40. The molecule has 1 aliphatic heterocycles. The maximum absolute atomic E-state index is 6.18. The van der Waals surface area contributed by atoms with Crippen molar-refractivity contribution in [3.8, 4) is 5.75 Å². The largest absolute Gasteiger partial charge is 0.488 e. The third-order valence-electron chi connectivity index (χ3n) is 5.19. The summed E-state index contributed by atoms with van der Waals surface area (Å²) in [6.45, 7) is 6.47. The van der Waals surface area contributed by atoms with Gasteiger partial charge in [-0.25, -0.2) is 0 Å². The number of hydrogen-bond acceptors (Lipinski definition) is 4. The summed E-state index contributed by atoms with van der Waals surface area (Å²) in [6.07, 6.45) is 3.12. The summed E-state index contributed by atoms with van der Waals surface area (Å²) >= 11 is 0. The molecule has 3 rings (SSSR count). The minimum Gasteiger partial charge on any atom is -0.488 e. The lowest BCUT2D eigenvalue weighted by molar-refractivity contribution is 0.117. The van der Waals surface area contributed by atoms with E-state index < -0.39 is 0 Å². The van der Waals surface area contributed by atoms with Crippen LogP contribution in [0.15, 0.2) is 53.5 Å². The summed E-state index contributed by atoms with van der Waals surface area (Å²) in [5.74, 6) is 1.72. The Morgan fingerprint density at radius 1 is 1.12 bits per heavy atom. The fraction of sp³-hybridized carbons (Fsp3) is 0.480. The highest BCUT2D eigenvalue weighted by Gasteiger charge is 2.18. The van der Waals surface area contributed by atoms with Crippen LogP contribution in [-0.2, 0) is 22.6 Å². The van der Waals surface area contributed by atoms with E-state index in [0.717, 1.165) is 56.3 Å². The van der Waals surface area contributed by atoms with Gasteiger partial charge in [-0.15, -0.1) is 24.0 Å². The van der Waals surface area contributed by atoms with Crippen LogP contribution in [0.1, 0.15) is 36.0 Å². The molecule has 0 spiro atoms. The Morgan fingerprint density at radius 2 is 1.97 bits per heavy atom. The lowest BCUT2D eigenvalue weighted by Gasteiger charge is -2.18. The Balaban J connectivity index is 0.00000363. The number of aryl methyl sites for hydroxylation is 1. The first-order valence-corrected chi connectivity index (χ1v) is 11.1. The van der Waals surface area contributed by atoms with Gasteiger partial charge < -0.3 is 24.8 Å². The molecule has 1 heterocycles. The van der Waals surface area contributed by atoms with Crippen LogP contribution in [0.4, 0.5) is 0 Å². The van der Waals surface area contributed by atoms with Gasteiger partial charge in [0.2, 0.25) is 0 Å². The molecule has 0 aromatic heterocycles. The zero-order valence-corrected chi connectivity index (χ0v) is 21.5. The molecule has 1 unspecified atom stereocenters. The van der Waals surface area contributed by atoms with Gasteiger partial charge in [-0.1, -0.05) is 42.5 Å². The molecule has 1 atom stereocenters. The van der Waals surface area contributed by atoms with Crippen molar-refractivity contribution in [1.82, 2.24) is 10.6 Å². The van der Waals surface area contributed by atoms with E-state index in [9.17, 15) is 0 Å². The Kier molecular flexibility index (Phi) is 12.4. The van der Waals surface area contributed by atoms with E-state index in [-0.39, 0.29) is 30.1 Å². The number of nitrogens with one attached hydrogen (secondary N) is 2. The number of unbranched alkanes of at least 4 members (excludes halogenated alkanes) is 1. The molecule has 0 saturated carbocycles. The second-order valence-electron chi connectivity index (χ2n) is 7.81. The van der Waals surface area contributed by atoms with Crippen LogP contribution in [0, 0.1) is 6.92 Å². The first kappa shape index (κ1) is 26.4. The molecule has 2 aromatic rings. The van der Waals surface area contributed by atoms with Gasteiger partial charge in [0.1, 0.15) is 11.9 Å². The topological polar surface area (TPSA) is 64.1 Å². The van der Waals surface area contributed by atoms with Gasteiger partial charge in [0.15, 0.2) is 5.96 Å². The molecule has 32 heavy (non-hydrogen) atoms. The van der Waals surface area contributed by atoms with Crippen molar-refractivity contribution in [2.45, 2.75) is 45.4 Å². The Bertz CT molecular complexity index is 811. The van der Waals surface area contributed by atoms with Gasteiger partial charge in [-0.2, -0.15) is 0 Å². The normalized spacial score (nSPS) is 15.8. The van der Waals surface area contributed by atoms with Gasteiger partial charge in [0.25, 0.3) is 0 Å². The number of halogens is 1. The number of nitrogens with zero attached hydrogens (tertiary/aromatic N) is 1. The summed E-state index contributed by atoms with van der Waals surface area (Å²) < 4.78 is 17.4. The predicted molar refractivity (Wildman–Crippen MR) is 140 cm³/mol. The molecule has 1 fully saturated rings. The first-order valence-electron chi connectivity index (χ1n) is 11.1. The highest BCUT2D eigenvalue weighted by atomic mass is 127. The highest BCUT2D eigenvalue weighted by Crippen LogP contribution is 2.23. The minimum absolute atomic E-state index is 0. The van der Waals surface area contributed by atoms with Crippen molar-refractivity contribution in [2.24, 2.45) is 4.99 Å². The van der Waals surface area contributed by atoms with Crippen LogP contribution in [0.2, 0.25) is 0 Å². The van der Waals surface area contributed by atoms with Gasteiger partial charge in [-0.3, -0.25) is 4.99 Å². The third-order valence-corrected chi connectivity index (χ3v) is 5.19. The van der Waals surface area contributed by atoms with Gasteiger partial charge >= 0.3 is 0 Å². The molecular weight excluding hydrogens is 517 g/mol. The van der Waals surface area contributed by atoms with Gasteiger partial charge in [0.05, 0.1) is 19.8 Å². The summed E-state index contributed by atoms with van der Waals surface area (Å²) in [5, 5.41) is 6.77. The van der Waals surface area contributed by atoms with Crippen LogP contribution in [0.25, 0.3) is 0 Å². The number of aliphatic imine (C=N–C) groups is 1. The van der Waals surface area contributed by atoms with Crippen molar-refractivity contribution < 1.29 is 14.2 Å². The van der Waals surface area contributed by atoms with Crippen molar-refractivity contribution in [3.63, 3.8) is 0 Å². The van der Waals surface area contributed by atoms with Crippen molar-refractivity contribution in [1.29, 1.82) is 0 Å². The maximum Gasteiger partial charge on any atom is 0.191 e. The van der Waals surface area contributed by atoms with E-state index in [1.807, 2.05) is 18.2 Å². The monoisotopic (exact) mass is 553 g/mol. The van der Waals surface area contributed by atoms with E-state index in [2.05, 4.69) is 52.9 Å². The lowest BCUT2D eigenvalue weighted by Crippen LogP contribution is -2.37. The second-order valence-corrected chi connectivity index (χ2v) is 7.81. The van der Waals surface area contributed by atoms with Gasteiger partial charge in [-0.05, 0) is 37.0 Å². The van der Waals surface area contributed by atoms with Crippen molar-refractivity contribution in [2.75, 3.05) is 33.4 Å². The second kappa shape index (κ2) is 15.1. The molecule has 0 bridgehead atoms. The molecule has 1 saturated heterocycles. The van der Waals surface area contributed by atoms with E-state index in [4.69, 9.17) is 14.2 Å². The van der Waals surface area contributed by atoms with Crippen LogP contribution in [0.3, 0.4) is 0 Å². The fourth-order valence-corrected chi connectivity index (χ4v) is 3.40. The molecule has 0 aliphatic carbocycles. The van der Waals surface area contributed by atoms with Crippen molar-refractivity contribution >= 4 is 29.9 Å². The Labute approximate surface area is 209 Å². The number of hydrogen-bond donors (Lipinski definition) is 2. The van der Waals surface area contributed by atoms with E-state index in [0.29, 0.717) is 19.8 Å². The maximum atomic E-state index is 6.18. The Hall–Kier alpha value is -1.84. The van der Waals surface area contributed by atoms with Crippen LogP contribution < -0.4 is 15.4 Å². The molecule has 0 amide bonds. The molecule has 2 N–H and O–H groups in total. The molecule has 0 radical (unpaired) electrons. The quantitative estimate of drug-likeness (QED) is 0.187. The number of guanidine groups is 1. The third kappa shape index (κ3) is 9.34. The molecule has 1 aliphatic rings. The standard InChI is InChI=1S/C25H35N3O3.HI/c1-20-10-11-22(24(16-20)31-23-12-15-30-19-23)17-28-25(26-2)27-13-6-7-14-29-18-21-8-4-3-5-9-21;/h3-5,8-11,16,23H,6-7,12-15,17-19H2,1-2H3,(H2,26,27,28);1H. The molecule has 6 nitrogen and oxygen atoms in total. The molecule has 7 heteroatoms. The van der Waals surface area contributed by atoms with E-state index in [1.165, 1.54) is 11.1 Å². The lowest BCUT2D eigenvalue weighted by atomic mass is 10.1. The summed E-state index contributed by atoms with van der Waals surface area (Å²) in [6, 6.07) is 16.6. The number of benzene rings is 2. The first-order chi connectivity index (χ1) is 15.2. The van der Waals surface area contributed by atoms with Crippen LogP contribution in [0.5, 0.6) is 5.75 Å². The smallest absolute Gasteiger partial charge is 0.191 e. The summed E-state index contributed by atoms with van der Waals surface area (Å²) in [5.41, 5.74) is 3.52. The molecular formula is C25H36IN3O3. The van der Waals surface area contributed by atoms with Gasteiger partial charge in [0, 0.05) is 38.7 Å². The molecule has 176 valence electrons. The Morgan fingerprint density at radius 3 is 2.72 bits per heavy atom. The van der Waals surface area contributed by atoms with Crippen molar-refractivity contribution in [3.05, 3.63) is 65.2 Å². The van der Waals surface area contributed by atoms with E-state index >= 15 is 0 Å². The zero-order valence-electron chi connectivity index (χ0n) is 19.1. The minimum atomic E-state index is 0. The number of rotatable bonds is 11. The SMILES string of the molecule is CN=C(NCCCCOCc1ccccc1)NCc1ccc(C)cc1OC1CCOC1.I. The predicted octanol–water partition coefficient (Wildman–Crippen LogP) is 4.44. The molecule has 2 aromatic carbocycles. The average Bonchev–Trinajstić information content (AvgIpc) is 3.30. The number of ether oxygens (including phenoxy) is 3.